The van der Waals surface area contributed by atoms with Gasteiger partial charge in [-0.25, -0.2) is 13.2 Å². The molecule has 0 N–H and O–H groups in total. The van der Waals surface area contributed by atoms with Crippen LogP contribution in [-0.4, -0.2) is 43.4 Å². The van der Waals surface area contributed by atoms with E-state index in [9.17, 15) is 13.2 Å². The second-order valence-electron chi connectivity index (χ2n) is 7.89. The zero-order valence-corrected chi connectivity index (χ0v) is 19.2. The number of nitrogens with zero attached hydrogens (tertiary/aromatic N) is 2. The Morgan fingerprint density at radius 3 is 2.09 bits per heavy atom. The fraction of sp³-hybridized carbons (Fsp3) is 0.231. The smallest absolute Gasteiger partial charge is 0.331 e. The molecule has 1 unspecified atom stereocenters. The molecular weight excluding hydrogens is 436 g/mol. The molecule has 0 fully saturated rings. The summed E-state index contributed by atoms with van der Waals surface area (Å²) in [4.78, 5) is 12.3. The molecule has 0 saturated heterocycles. The molecular formula is C26H26N2O4S. The number of rotatable bonds is 7. The molecule has 0 aromatic heterocycles. The number of carbonyl (C=O) groups is 1. The quantitative estimate of drug-likeness (QED) is 0.492. The number of hydrogen-bond donors (Lipinski definition) is 0. The normalized spacial score (nSPS) is 16.2. The number of carbonyl (C=O) groups excluding carboxylic acids is 1. The maximum atomic E-state index is 13.3. The Bertz CT molecular complexity index is 1220. The molecule has 0 spiro atoms. The number of methoxy groups -OCH3 is 1. The molecule has 3 aromatic carbocycles. The number of hydrogen-bond acceptors (Lipinski definition) is 5. The van der Waals surface area contributed by atoms with Crippen molar-refractivity contribution in [3.05, 3.63) is 96.1 Å². The SMILES string of the molecule is COC(=O)C1CCC(c2ccccc2)=NN1S(=O)(=O)CCc1ccc(-c2ccccc2)cc1. The highest BCUT2D eigenvalue weighted by Gasteiger charge is 2.37. The van der Waals surface area contributed by atoms with Gasteiger partial charge in [0.2, 0.25) is 0 Å². The van der Waals surface area contributed by atoms with Gasteiger partial charge in [0.15, 0.2) is 6.04 Å². The largest absolute Gasteiger partial charge is 0.467 e. The van der Waals surface area contributed by atoms with E-state index in [1.54, 1.807) is 0 Å². The molecule has 3 aromatic rings. The lowest BCUT2D eigenvalue weighted by Crippen LogP contribution is -2.46. The minimum absolute atomic E-state index is 0.156. The second-order valence-corrected chi connectivity index (χ2v) is 9.84. The van der Waals surface area contributed by atoms with Crippen molar-refractivity contribution >= 4 is 21.7 Å². The average Bonchev–Trinajstić information content (AvgIpc) is 2.88. The van der Waals surface area contributed by atoms with Crippen molar-refractivity contribution in [3.8, 4) is 11.1 Å². The molecule has 0 saturated carbocycles. The summed E-state index contributed by atoms with van der Waals surface area (Å²) in [5.74, 6) is -0.752. The van der Waals surface area contributed by atoms with E-state index in [0.29, 0.717) is 25.0 Å². The third kappa shape index (κ3) is 5.31. The van der Waals surface area contributed by atoms with Crippen LogP contribution in [0.5, 0.6) is 0 Å². The third-order valence-corrected chi connectivity index (χ3v) is 7.34. The predicted octanol–water partition coefficient (Wildman–Crippen LogP) is 4.27. The van der Waals surface area contributed by atoms with Crippen LogP contribution in [-0.2, 0) is 26.0 Å². The van der Waals surface area contributed by atoms with Crippen LogP contribution in [0.2, 0.25) is 0 Å². The Labute approximate surface area is 194 Å². The summed E-state index contributed by atoms with van der Waals surface area (Å²) in [7, 11) is -2.58. The van der Waals surface area contributed by atoms with Gasteiger partial charge in [-0.15, -0.1) is 0 Å². The Morgan fingerprint density at radius 1 is 0.909 bits per heavy atom. The first-order valence-electron chi connectivity index (χ1n) is 10.8. The van der Waals surface area contributed by atoms with Crippen LogP contribution in [0.3, 0.4) is 0 Å². The van der Waals surface area contributed by atoms with Gasteiger partial charge in [-0.2, -0.15) is 9.52 Å². The zero-order chi connectivity index (χ0) is 23.3. The number of benzene rings is 3. The molecule has 0 radical (unpaired) electrons. The van der Waals surface area contributed by atoms with E-state index < -0.39 is 22.0 Å². The summed E-state index contributed by atoms with van der Waals surface area (Å²) < 4.78 is 32.4. The summed E-state index contributed by atoms with van der Waals surface area (Å²) in [5, 5.41) is 4.40. The lowest BCUT2D eigenvalue weighted by molar-refractivity contribution is -0.145. The van der Waals surface area contributed by atoms with E-state index in [2.05, 4.69) is 5.10 Å². The fourth-order valence-electron chi connectivity index (χ4n) is 3.89. The summed E-state index contributed by atoms with van der Waals surface area (Å²) >= 11 is 0. The first-order chi connectivity index (χ1) is 16.0. The van der Waals surface area contributed by atoms with Crippen LogP contribution in [0.4, 0.5) is 0 Å². The van der Waals surface area contributed by atoms with Crippen LogP contribution >= 0.6 is 0 Å². The molecule has 6 nitrogen and oxygen atoms in total. The van der Waals surface area contributed by atoms with Crippen LogP contribution in [0.1, 0.15) is 24.0 Å². The Hall–Kier alpha value is -3.45. The standard InChI is InChI=1S/C26H26N2O4S/c1-32-26(29)25-17-16-24(23-10-6-3-7-11-23)27-28(25)33(30,31)19-18-20-12-14-22(15-13-20)21-8-4-2-5-9-21/h2-15,25H,16-19H2,1H3. The highest BCUT2D eigenvalue weighted by atomic mass is 32.2. The van der Waals surface area contributed by atoms with Crippen LogP contribution in [0.25, 0.3) is 11.1 Å². The molecule has 1 atom stereocenters. The van der Waals surface area contributed by atoms with Crippen molar-refractivity contribution in [3.63, 3.8) is 0 Å². The zero-order valence-electron chi connectivity index (χ0n) is 18.4. The molecule has 4 rings (SSSR count). The molecule has 7 heteroatoms. The van der Waals surface area contributed by atoms with Gasteiger partial charge in [-0.1, -0.05) is 84.9 Å². The number of aryl methyl sites for hydroxylation is 1. The van der Waals surface area contributed by atoms with E-state index in [0.717, 1.165) is 26.7 Å². The monoisotopic (exact) mass is 462 g/mol. The summed E-state index contributed by atoms with van der Waals surface area (Å²) in [6.07, 6.45) is 1.14. The lowest BCUT2D eigenvalue weighted by Gasteiger charge is -2.31. The van der Waals surface area contributed by atoms with Gasteiger partial charge in [-0.05, 0) is 41.5 Å². The van der Waals surface area contributed by atoms with E-state index in [1.165, 1.54) is 7.11 Å². The fourth-order valence-corrected chi connectivity index (χ4v) is 5.37. The molecule has 1 aliphatic rings. The summed E-state index contributed by atoms with van der Waals surface area (Å²) in [5.41, 5.74) is 4.57. The minimum atomic E-state index is -3.84. The number of hydrazone groups is 1. The van der Waals surface area contributed by atoms with Gasteiger partial charge < -0.3 is 4.74 Å². The van der Waals surface area contributed by atoms with Crippen LogP contribution in [0.15, 0.2) is 90.0 Å². The Kier molecular flexibility index (Phi) is 6.89. The first-order valence-corrected chi connectivity index (χ1v) is 12.5. The van der Waals surface area contributed by atoms with Gasteiger partial charge in [0.05, 0.1) is 18.6 Å². The Balaban J connectivity index is 1.53. The molecule has 1 aliphatic heterocycles. The molecule has 1 heterocycles. The van der Waals surface area contributed by atoms with E-state index >= 15 is 0 Å². The number of esters is 1. The van der Waals surface area contributed by atoms with Crippen molar-refractivity contribution in [2.24, 2.45) is 5.10 Å². The van der Waals surface area contributed by atoms with E-state index in [-0.39, 0.29) is 5.75 Å². The molecule has 0 bridgehead atoms. The van der Waals surface area contributed by atoms with Crippen molar-refractivity contribution in [1.29, 1.82) is 0 Å². The van der Waals surface area contributed by atoms with Gasteiger partial charge in [0, 0.05) is 0 Å². The van der Waals surface area contributed by atoms with Crippen molar-refractivity contribution in [2.45, 2.75) is 25.3 Å². The van der Waals surface area contributed by atoms with Crippen molar-refractivity contribution < 1.29 is 17.9 Å². The van der Waals surface area contributed by atoms with E-state index in [4.69, 9.17) is 4.74 Å². The number of ether oxygens (including phenoxy) is 1. The van der Waals surface area contributed by atoms with Crippen molar-refractivity contribution in [1.82, 2.24) is 4.41 Å². The average molecular weight is 463 g/mol. The Morgan fingerprint density at radius 2 is 1.48 bits per heavy atom. The molecule has 33 heavy (non-hydrogen) atoms. The van der Waals surface area contributed by atoms with Crippen molar-refractivity contribution in [2.75, 3.05) is 12.9 Å². The van der Waals surface area contributed by atoms with Crippen LogP contribution in [0, 0.1) is 0 Å². The van der Waals surface area contributed by atoms with Gasteiger partial charge in [-0.3, -0.25) is 0 Å². The maximum Gasteiger partial charge on any atom is 0.331 e. The molecule has 0 amide bonds. The predicted molar refractivity (Wildman–Crippen MR) is 129 cm³/mol. The third-order valence-electron chi connectivity index (χ3n) is 5.72. The van der Waals surface area contributed by atoms with Gasteiger partial charge >= 0.3 is 5.97 Å². The first kappa shape index (κ1) is 22.7. The lowest BCUT2D eigenvalue weighted by atomic mass is 10.0. The van der Waals surface area contributed by atoms with Crippen LogP contribution < -0.4 is 0 Å². The molecule has 0 aliphatic carbocycles. The van der Waals surface area contributed by atoms with Gasteiger partial charge in [0.1, 0.15) is 0 Å². The molecule has 170 valence electrons. The summed E-state index contributed by atoms with van der Waals surface area (Å²) in [6.45, 7) is 0. The van der Waals surface area contributed by atoms with Gasteiger partial charge in [0.25, 0.3) is 10.0 Å². The maximum absolute atomic E-state index is 13.3. The summed E-state index contributed by atoms with van der Waals surface area (Å²) in [6, 6.07) is 26.3. The second kappa shape index (κ2) is 10.0. The minimum Gasteiger partial charge on any atom is -0.467 e. The highest BCUT2D eigenvalue weighted by Crippen LogP contribution is 2.25. The van der Waals surface area contributed by atoms with E-state index in [1.807, 2.05) is 84.9 Å². The number of sulfonamides is 1. The highest BCUT2D eigenvalue weighted by molar-refractivity contribution is 7.89. The topological polar surface area (TPSA) is 76.0 Å².